The molecule has 0 spiro atoms. The Hall–Kier alpha value is -8.20. The number of nitrogens with zero attached hydrogens (tertiary/aromatic N) is 1. The zero-order chi connectivity index (χ0) is 41.0. The first kappa shape index (κ1) is 35.7. The minimum atomic E-state index is 0.892. The van der Waals surface area contributed by atoms with Crippen molar-refractivity contribution in [2.24, 2.45) is 0 Å². The molecule has 0 bridgehead atoms. The highest BCUT2D eigenvalue weighted by atomic mass is 16.3. The summed E-state index contributed by atoms with van der Waals surface area (Å²) in [7, 11) is 0. The number of hydrogen-bond donors (Lipinski definition) is 0. The highest BCUT2D eigenvalue weighted by Gasteiger charge is 2.23. The average molecular weight is 790 g/mol. The Morgan fingerprint density at radius 2 is 0.839 bits per heavy atom. The minimum Gasteiger partial charge on any atom is -0.456 e. The molecule has 0 fully saturated rings. The molecule has 12 rings (SSSR count). The number of fused-ring (bicyclic) bond motifs is 7. The minimum absolute atomic E-state index is 0.892. The molecule has 0 N–H and O–H groups in total. The van der Waals surface area contributed by atoms with Crippen LogP contribution in [0.2, 0.25) is 0 Å². The number of hydrogen-bond acceptors (Lipinski definition) is 2. The van der Waals surface area contributed by atoms with Gasteiger partial charge >= 0.3 is 0 Å². The van der Waals surface area contributed by atoms with Gasteiger partial charge < -0.3 is 9.32 Å². The second-order valence-electron chi connectivity index (χ2n) is 16.0. The van der Waals surface area contributed by atoms with Gasteiger partial charge in [-0.3, -0.25) is 0 Å². The van der Waals surface area contributed by atoms with E-state index in [0.717, 1.165) is 61.3 Å². The van der Waals surface area contributed by atoms with Gasteiger partial charge in [-0.1, -0.05) is 194 Å². The zero-order valence-electron chi connectivity index (χ0n) is 33.9. The van der Waals surface area contributed by atoms with Crippen molar-refractivity contribution < 1.29 is 4.42 Å². The van der Waals surface area contributed by atoms with Crippen LogP contribution in [0.3, 0.4) is 0 Å². The van der Waals surface area contributed by atoms with E-state index in [1.165, 1.54) is 54.6 Å². The van der Waals surface area contributed by atoms with Crippen LogP contribution in [-0.4, -0.2) is 0 Å². The maximum absolute atomic E-state index is 6.24. The van der Waals surface area contributed by atoms with Gasteiger partial charge in [0.25, 0.3) is 0 Å². The number of para-hydroxylation sites is 3. The van der Waals surface area contributed by atoms with Crippen LogP contribution < -0.4 is 4.90 Å². The maximum Gasteiger partial charge on any atom is 0.135 e. The zero-order valence-corrected chi connectivity index (χ0v) is 33.9. The second-order valence-corrected chi connectivity index (χ2v) is 16.0. The Labute approximate surface area is 360 Å². The summed E-state index contributed by atoms with van der Waals surface area (Å²) in [6, 6.07) is 85.7. The Balaban J connectivity index is 1.11. The SMILES string of the molecule is c1ccc(-c2cccc3cccc(-c4ccccc4N(c4cccc(-c5ccc6oc7ccccc7c6c5)c4)c4ccccc4-c4cccc5c4ccc4ccccc45)c23)cc1. The van der Waals surface area contributed by atoms with Crippen LogP contribution in [0, 0.1) is 0 Å². The molecule has 0 aliphatic carbocycles. The molecule has 0 amide bonds. The Morgan fingerprint density at radius 1 is 0.274 bits per heavy atom. The lowest BCUT2D eigenvalue weighted by molar-refractivity contribution is 0.669. The van der Waals surface area contributed by atoms with Crippen molar-refractivity contribution in [2.45, 2.75) is 0 Å². The standard InChI is InChI=1S/C60H39NO/c1-2-16-40(17-3-1)47-27-13-19-42-20-14-30-54(60(42)47)52-25-7-10-32-57(52)61(45-22-12-21-43(38-45)44-35-37-59-55(39-44)53-26-8-11-33-58(53)62-59)56-31-9-6-24-51(56)49-29-15-28-48-46-23-5-4-18-41(46)34-36-50(48)49/h1-39H. The van der Waals surface area contributed by atoms with Crippen LogP contribution in [0.25, 0.3) is 98.8 Å². The Kier molecular flexibility index (Phi) is 8.53. The summed E-state index contributed by atoms with van der Waals surface area (Å²) in [4.78, 5) is 2.48. The number of benzene rings is 11. The first-order valence-corrected chi connectivity index (χ1v) is 21.3. The molecule has 2 heteroatoms. The number of furan rings is 1. The maximum atomic E-state index is 6.24. The largest absolute Gasteiger partial charge is 0.456 e. The summed E-state index contributed by atoms with van der Waals surface area (Å²) in [6.07, 6.45) is 0. The molecule has 1 heterocycles. The van der Waals surface area contributed by atoms with Gasteiger partial charge in [0.15, 0.2) is 0 Å². The summed E-state index contributed by atoms with van der Waals surface area (Å²) in [6.45, 7) is 0. The predicted octanol–water partition coefficient (Wildman–Crippen LogP) is 17.2. The van der Waals surface area contributed by atoms with Crippen LogP contribution in [0.5, 0.6) is 0 Å². The lowest BCUT2D eigenvalue weighted by atomic mass is 9.90. The van der Waals surface area contributed by atoms with Crippen LogP contribution in [0.1, 0.15) is 0 Å². The summed E-state index contributed by atoms with van der Waals surface area (Å²) in [5.41, 5.74) is 14.4. The van der Waals surface area contributed by atoms with E-state index in [0.29, 0.717) is 0 Å². The van der Waals surface area contributed by atoms with Crippen LogP contribution >= 0.6 is 0 Å². The van der Waals surface area contributed by atoms with Gasteiger partial charge in [0.1, 0.15) is 11.2 Å². The normalized spacial score (nSPS) is 11.5. The molecule has 2 nitrogen and oxygen atoms in total. The fourth-order valence-corrected chi connectivity index (χ4v) is 9.63. The monoisotopic (exact) mass is 789 g/mol. The third kappa shape index (κ3) is 5.96. The fourth-order valence-electron chi connectivity index (χ4n) is 9.63. The van der Waals surface area contributed by atoms with Crippen molar-refractivity contribution in [3.05, 3.63) is 237 Å². The third-order valence-corrected chi connectivity index (χ3v) is 12.5. The second kappa shape index (κ2) is 14.8. The van der Waals surface area contributed by atoms with Crippen molar-refractivity contribution in [3.8, 4) is 44.5 Å². The number of anilines is 3. The van der Waals surface area contributed by atoms with E-state index >= 15 is 0 Å². The summed E-state index contributed by atoms with van der Waals surface area (Å²) in [5.74, 6) is 0. The average Bonchev–Trinajstić information content (AvgIpc) is 3.72. The molecule has 0 radical (unpaired) electrons. The summed E-state index contributed by atoms with van der Waals surface area (Å²) < 4.78 is 6.24. The molecule has 62 heavy (non-hydrogen) atoms. The molecule has 0 saturated heterocycles. The van der Waals surface area contributed by atoms with Gasteiger partial charge in [-0.15, -0.1) is 0 Å². The molecule has 0 atom stereocenters. The van der Waals surface area contributed by atoms with Gasteiger partial charge in [0, 0.05) is 27.6 Å². The molecule has 0 unspecified atom stereocenters. The van der Waals surface area contributed by atoms with E-state index in [1.54, 1.807) is 0 Å². The first-order valence-electron chi connectivity index (χ1n) is 21.3. The fraction of sp³-hybridized carbons (Fsp3) is 0. The molecule has 11 aromatic carbocycles. The predicted molar refractivity (Wildman–Crippen MR) is 263 cm³/mol. The van der Waals surface area contributed by atoms with Crippen LogP contribution in [0.4, 0.5) is 17.1 Å². The highest BCUT2D eigenvalue weighted by Crippen LogP contribution is 2.48. The molecule has 290 valence electrons. The van der Waals surface area contributed by atoms with Gasteiger partial charge in [-0.2, -0.15) is 0 Å². The molecule has 12 aromatic rings. The summed E-state index contributed by atoms with van der Waals surface area (Å²) >= 11 is 0. The van der Waals surface area contributed by atoms with Gasteiger partial charge in [-0.25, -0.2) is 0 Å². The van der Waals surface area contributed by atoms with Gasteiger partial charge in [-0.05, 0) is 108 Å². The van der Waals surface area contributed by atoms with E-state index < -0.39 is 0 Å². The highest BCUT2D eigenvalue weighted by molar-refractivity contribution is 6.14. The quantitative estimate of drug-likeness (QED) is 0.150. The third-order valence-electron chi connectivity index (χ3n) is 12.5. The summed E-state index contributed by atoms with van der Waals surface area (Å²) in [5, 5.41) is 9.65. The van der Waals surface area contributed by atoms with Crippen molar-refractivity contribution in [1.29, 1.82) is 0 Å². The van der Waals surface area contributed by atoms with E-state index in [1.807, 2.05) is 12.1 Å². The molecule has 1 aromatic heterocycles. The lowest BCUT2D eigenvalue weighted by Gasteiger charge is -2.31. The molecular weight excluding hydrogens is 751 g/mol. The van der Waals surface area contributed by atoms with Crippen molar-refractivity contribution in [3.63, 3.8) is 0 Å². The molecular formula is C60H39NO. The van der Waals surface area contributed by atoms with Crippen molar-refractivity contribution >= 4 is 71.3 Å². The first-order chi connectivity index (χ1) is 30.8. The van der Waals surface area contributed by atoms with Gasteiger partial charge in [0.2, 0.25) is 0 Å². The van der Waals surface area contributed by atoms with Crippen LogP contribution in [0.15, 0.2) is 241 Å². The molecule has 0 aliphatic rings. The van der Waals surface area contributed by atoms with Gasteiger partial charge in [0.05, 0.1) is 11.4 Å². The lowest BCUT2D eigenvalue weighted by Crippen LogP contribution is -2.12. The molecule has 0 aliphatic heterocycles. The topological polar surface area (TPSA) is 16.4 Å². The smallest absolute Gasteiger partial charge is 0.135 e. The van der Waals surface area contributed by atoms with E-state index in [2.05, 4.69) is 229 Å². The van der Waals surface area contributed by atoms with E-state index in [9.17, 15) is 0 Å². The van der Waals surface area contributed by atoms with Crippen molar-refractivity contribution in [1.82, 2.24) is 0 Å². The Morgan fingerprint density at radius 3 is 1.68 bits per heavy atom. The Bertz CT molecular complexity index is 3650. The van der Waals surface area contributed by atoms with E-state index in [4.69, 9.17) is 4.42 Å². The number of rotatable bonds is 7. The van der Waals surface area contributed by atoms with E-state index in [-0.39, 0.29) is 0 Å². The van der Waals surface area contributed by atoms with Crippen LogP contribution in [-0.2, 0) is 0 Å². The van der Waals surface area contributed by atoms with Crippen molar-refractivity contribution in [2.75, 3.05) is 4.90 Å². The molecule has 0 saturated carbocycles.